The van der Waals surface area contributed by atoms with E-state index in [1.807, 2.05) is 6.07 Å². The number of aromatic nitrogens is 1. The number of esters is 1. The van der Waals surface area contributed by atoms with Crippen molar-refractivity contribution in [3.8, 4) is 0 Å². The number of carbonyl (C=O) groups is 3. The van der Waals surface area contributed by atoms with Crippen LogP contribution in [-0.2, 0) is 51.8 Å². The summed E-state index contributed by atoms with van der Waals surface area (Å²) < 4.78 is 55.7. The number of hydrogen-bond acceptors (Lipinski definition) is 10. The first kappa shape index (κ1) is 33.3. The number of anilines is 1. The number of sulfonamides is 1. The molecule has 15 heteroatoms. The van der Waals surface area contributed by atoms with Crippen LogP contribution in [0.3, 0.4) is 0 Å². The van der Waals surface area contributed by atoms with Gasteiger partial charge in [-0.3, -0.25) is 9.59 Å². The van der Waals surface area contributed by atoms with Gasteiger partial charge in [-0.1, -0.05) is 12.1 Å². The molecule has 0 spiro atoms. The number of amides is 2. The molecule has 1 fully saturated rings. The van der Waals surface area contributed by atoms with Gasteiger partial charge in [0.1, 0.15) is 11.9 Å². The summed E-state index contributed by atoms with van der Waals surface area (Å²) in [5.74, 6) is -1.33. The van der Waals surface area contributed by atoms with Crippen LogP contribution in [0.15, 0.2) is 46.2 Å². The van der Waals surface area contributed by atoms with Gasteiger partial charge >= 0.3 is 5.97 Å². The Morgan fingerprint density at radius 1 is 1.09 bits per heavy atom. The molecule has 1 atom stereocenters. The monoisotopic (exact) mass is 649 g/mol. The highest BCUT2D eigenvalue weighted by molar-refractivity contribution is 7.91. The van der Waals surface area contributed by atoms with E-state index in [1.165, 1.54) is 23.8 Å². The summed E-state index contributed by atoms with van der Waals surface area (Å²) >= 11 is 0. The largest absolute Gasteiger partial charge is 0.464 e. The number of rotatable bonds is 14. The fourth-order valence-corrected chi connectivity index (χ4v) is 7.26. The smallest absolute Gasteiger partial charge is 0.330 e. The minimum absolute atomic E-state index is 0.0768. The highest BCUT2D eigenvalue weighted by atomic mass is 32.2. The molecule has 4 rings (SSSR count). The minimum atomic E-state index is -4.03. The lowest BCUT2D eigenvalue weighted by Crippen LogP contribution is -2.59. The normalized spacial score (nSPS) is 16.1. The molecule has 240 valence electrons. The zero-order valence-corrected chi connectivity index (χ0v) is 26.5. The van der Waals surface area contributed by atoms with Crippen LogP contribution in [0.4, 0.5) is 5.82 Å². The number of hydrogen-bond donors (Lipinski definition) is 3. The third-order valence-corrected chi connectivity index (χ3v) is 10.5. The average molecular weight is 650 g/mol. The Balaban J connectivity index is 1.23. The van der Waals surface area contributed by atoms with Crippen molar-refractivity contribution in [2.45, 2.75) is 61.3 Å². The summed E-state index contributed by atoms with van der Waals surface area (Å²) in [5, 5.41) is 8.56. The lowest BCUT2D eigenvalue weighted by Gasteiger charge is -2.37. The molecule has 1 unspecified atom stereocenters. The predicted molar refractivity (Wildman–Crippen MR) is 162 cm³/mol. The standard InChI is InChI=1S/C29H39N5O8S2/c1-3-42-29(37)25(17-31-26(35)12-5-4-9-22-14-13-20-8-7-15-30-27(20)32-22)33-28(36)21-18-34(19-21)44(40,41)24-11-6-10-23(16-24)43(2,38)39/h6,10-11,13-14,16,21,25H,3-5,7-9,12,15,17-19H2,1-2H3,(H,30,32)(H,31,35)(H,33,36). The lowest BCUT2D eigenvalue weighted by molar-refractivity contribution is -0.148. The van der Waals surface area contributed by atoms with E-state index >= 15 is 0 Å². The van der Waals surface area contributed by atoms with Crippen molar-refractivity contribution in [2.75, 3.05) is 44.4 Å². The van der Waals surface area contributed by atoms with Gasteiger partial charge in [-0.05, 0) is 68.9 Å². The summed E-state index contributed by atoms with van der Waals surface area (Å²) in [6, 6.07) is 8.00. The second kappa shape index (κ2) is 14.5. The number of pyridine rings is 1. The Morgan fingerprint density at radius 2 is 1.84 bits per heavy atom. The highest BCUT2D eigenvalue weighted by Crippen LogP contribution is 2.27. The number of carbonyl (C=O) groups excluding carboxylic acids is 3. The topological polar surface area (TPSA) is 181 Å². The molecule has 1 aromatic carbocycles. The number of ether oxygens (including phenoxy) is 1. The van der Waals surface area contributed by atoms with Crippen LogP contribution in [0.25, 0.3) is 0 Å². The van der Waals surface area contributed by atoms with E-state index < -0.39 is 43.7 Å². The number of benzene rings is 1. The Bertz CT molecular complexity index is 1590. The van der Waals surface area contributed by atoms with E-state index in [-0.39, 0.29) is 48.4 Å². The predicted octanol–water partition coefficient (Wildman–Crippen LogP) is 1.04. The molecule has 13 nitrogen and oxygen atoms in total. The molecule has 2 amide bonds. The Labute approximate surface area is 258 Å². The van der Waals surface area contributed by atoms with E-state index in [4.69, 9.17) is 4.74 Å². The van der Waals surface area contributed by atoms with Gasteiger partial charge in [-0.15, -0.1) is 0 Å². The SMILES string of the molecule is CCOC(=O)C(CNC(=O)CCCCc1ccc2c(n1)NCCC2)NC(=O)C1CN(S(=O)(=O)c2cccc(S(C)(=O)=O)c2)C1. The van der Waals surface area contributed by atoms with Gasteiger partial charge in [0, 0.05) is 44.5 Å². The third kappa shape index (κ3) is 8.54. The Hall–Kier alpha value is -3.56. The van der Waals surface area contributed by atoms with Gasteiger partial charge in [-0.2, -0.15) is 4.31 Å². The molecule has 1 saturated heterocycles. The summed E-state index contributed by atoms with van der Waals surface area (Å²) in [7, 11) is -7.64. The maximum atomic E-state index is 13.0. The molecule has 2 aliphatic rings. The minimum Gasteiger partial charge on any atom is -0.464 e. The van der Waals surface area contributed by atoms with Crippen molar-refractivity contribution in [3.05, 3.63) is 47.7 Å². The quantitative estimate of drug-likeness (QED) is 0.198. The van der Waals surface area contributed by atoms with Crippen molar-refractivity contribution in [3.63, 3.8) is 0 Å². The average Bonchev–Trinajstić information content (AvgIpc) is 2.96. The van der Waals surface area contributed by atoms with E-state index in [0.717, 1.165) is 60.4 Å². The number of aryl methyl sites for hydroxylation is 2. The maximum Gasteiger partial charge on any atom is 0.330 e. The number of unbranched alkanes of at least 4 members (excludes halogenated alkanes) is 1. The van der Waals surface area contributed by atoms with E-state index in [9.17, 15) is 31.2 Å². The molecule has 3 N–H and O–H groups in total. The van der Waals surface area contributed by atoms with Crippen LogP contribution in [0.1, 0.15) is 43.9 Å². The molecular weight excluding hydrogens is 610 g/mol. The van der Waals surface area contributed by atoms with E-state index in [2.05, 4.69) is 27.0 Å². The number of fused-ring (bicyclic) bond motifs is 1. The van der Waals surface area contributed by atoms with Crippen LogP contribution in [0, 0.1) is 5.92 Å². The first-order valence-electron chi connectivity index (χ1n) is 14.6. The molecule has 0 aliphatic carbocycles. The molecule has 0 radical (unpaired) electrons. The van der Waals surface area contributed by atoms with E-state index in [0.29, 0.717) is 6.42 Å². The number of sulfone groups is 1. The second-order valence-corrected chi connectivity index (χ2v) is 14.9. The van der Waals surface area contributed by atoms with Gasteiger partial charge < -0.3 is 20.7 Å². The van der Waals surface area contributed by atoms with Gasteiger partial charge in [0.05, 0.1) is 22.3 Å². The molecule has 0 bridgehead atoms. The summed E-state index contributed by atoms with van der Waals surface area (Å²) in [4.78, 5) is 42.2. The van der Waals surface area contributed by atoms with E-state index in [1.54, 1.807) is 6.92 Å². The van der Waals surface area contributed by atoms with Crippen molar-refractivity contribution < 1.29 is 36.0 Å². The molecular formula is C29H39N5O8S2. The first-order chi connectivity index (χ1) is 20.9. The lowest BCUT2D eigenvalue weighted by atomic mass is 10.0. The number of nitrogens with zero attached hydrogens (tertiary/aromatic N) is 2. The number of nitrogens with one attached hydrogen (secondary N) is 3. The van der Waals surface area contributed by atoms with Crippen molar-refractivity contribution >= 4 is 43.5 Å². The second-order valence-electron chi connectivity index (χ2n) is 10.9. The zero-order chi connectivity index (χ0) is 31.9. The Kier molecular flexibility index (Phi) is 11.0. The summed E-state index contributed by atoms with van der Waals surface area (Å²) in [6.45, 7) is 2.16. The van der Waals surface area contributed by atoms with Crippen LogP contribution in [0.2, 0.25) is 0 Å². The summed E-state index contributed by atoms with van der Waals surface area (Å²) in [5.41, 5.74) is 2.19. The van der Waals surface area contributed by atoms with Crippen LogP contribution < -0.4 is 16.0 Å². The molecule has 2 aliphatic heterocycles. The van der Waals surface area contributed by atoms with Crippen molar-refractivity contribution in [1.29, 1.82) is 0 Å². The van der Waals surface area contributed by atoms with Gasteiger partial charge in [0.2, 0.25) is 21.8 Å². The van der Waals surface area contributed by atoms with Crippen molar-refractivity contribution in [2.24, 2.45) is 5.92 Å². The van der Waals surface area contributed by atoms with Gasteiger partial charge in [0.25, 0.3) is 0 Å². The van der Waals surface area contributed by atoms with Crippen molar-refractivity contribution in [1.82, 2.24) is 19.9 Å². The maximum absolute atomic E-state index is 13.0. The fourth-order valence-electron chi connectivity index (χ4n) is 4.94. The van der Waals surface area contributed by atoms with Gasteiger partial charge in [0.15, 0.2) is 9.84 Å². The molecule has 44 heavy (non-hydrogen) atoms. The van der Waals surface area contributed by atoms with Gasteiger partial charge in [-0.25, -0.2) is 26.6 Å². The molecule has 3 heterocycles. The third-order valence-electron chi connectivity index (χ3n) is 7.52. The van der Waals surface area contributed by atoms with Crippen LogP contribution >= 0.6 is 0 Å². The molecule has 1 aromatic heterocycles. The zero-order valence-electron chi connectivity index (χ0n) is 24.9. The first-order valence-corrected chi connectivity index (χ1v) is 18.0. The summed E-state index contributed by atoms with van der Waals surface area (Å²) in [6.07, 6.45) is 5.46. The van der Waals surface area contributed by atoms with Crippen LogP contribution in [-0.4, -0.2) is 89.0 Å². The molecule has 2 aromatic rings. The molecule has 0 saturated carbocycles. The fraction of sp³-hybridized carbons (Fsp3) is 0.517. The van der Waals surface area contributed by atoms with Crippen LogP contribution in [0.5, 0.6) is 0 Å². The Morgan fingerprint density at radius 3 is 2.57 bits per heavy atom. The highest BCUT2D eigenvalue weighted by Gasteiger charge is 2.41.